The quantitative estimate of drug-likeness (QED) is 0.901. The molecule has 2 unspecified atom stereocenters. The predicted octanol–water partition coefficient (Wildman–Crippen LogP) is 1.94. The lowest BCUT2D eigenvalue weighted by Crippen LogP contribution is -2.47. The number of hydrogen-bond donors (Lipinski definition) is 1. The Morgan fingerprint density at radius 3 is 2.63 bits per heavy atom. The lowest BCUT2D eigenvalue weighted by Gasteiger charge is -2.32. The first-order valence-electron chi connectivity index (χ1n) is 6.99. The van der Waals surface area contributed by atoms with Crippen molar-refractivity contribution in [1.29, 1.82) is 0 Å². The molecule has 1 aromatic rings. The van der Waals surface area contributed by atoms with E-state index in [9.17, 15) is 4.39 Å². The molecule has 0 aromatic heterocycles. The Morgan fingerprint density at radius 2 is 2.00 bits per heavy atom. The number of nitrogens with one attached hydrogen (secondary N) is 1. The highest BCUT2D eigenvalue weighted by Crippen LogP contribution is 2.21. The van der Waals surface area contributed by atoms with Crippen LogP contribution in [0, 0.1) is 5.82 Å². The normalized spacial score (nSPS) is 25.4. The molecule has 1 fully saturated rings. The number of rotatable bonds is 3. The summed E-state index contributed by atoms with van der Waals surface area (Å²) in [6, 6.07) is 7.89. The van der Waals surface area contributed by atoms with Crippen molar-refractivity contribution in [3.05, 3.63) is 30.1 Å². The summed E-state index contributed by atoms with van der Waals surface area (Å²) in [5.41, 5.74) is 1.12. The molecule has 1 aliphatic rings. The van der Waals surface area contributed by atoms with Gasteiger partial charge in [-0.05, 0) is 51.7 Å². The van der Waals surface area contributed by atoms with Gasteiger partial charge in [-0.3, -0.25) is 4.90 Å². The first-order valence-corrected chi connectivity index (χ1v) is 6.99. The molecule has 0 aliphatic carbocycles. The monoisotopic (exact) mass is 265 g/mol. The molecule has 1 aliphatic heterocycles. The molecular formula is C15H24FN3. The van der Waals surface area contributed by atoms with Crippen molar-refractivity contribution in [1.82, 2.24) is 10.2 Å². The first kappa shape index (κ1) is 14.3. The topological polar surface area (TPSA) is 18.5 Å². The lowest BCUT2D eigenvalue weighted by molar-refractivity contribution is 0.195. The first-order chi connectivity index (χ1) is 9.11. The van der Waals surface area contributed by atoms with Crippen molar-refractivity contribution >= 4 is 5.69 Å². The summed E-state index contributed by atoms with van der Waals surface area (Å²) in [5, 5.41) is 3.27. The molecule has 19 heavy (non-hydrogen) atoms. The van der Waals surface area contributed by atoms with E-state index in [1.807, 2.05) is 19.2 Å². The minimum atomic E-state index is -0.171. The Balaban J connectivity index is 2.14. The summed E-state index contributed by atoms with van der Waals surface area (Å²) in [7, 11) is 4.19. The van der Waals surface area contributed by atoms with Crippen LogP contribution in [0.4, 0.5) is 10.1 Å². The van der Waals surface area contributed by atoms with E-state index >= 15 is 0 Å². The van der Waals surface area contributed by atoms with Gasteiger partial charge in [-0.25, -0.2) is 4.39 Å². The Labute approximate surface area is 115 Å². The van der Waals surface area contributed by atoms with Crippen molar-refractivity contribution in [2.45, 2.75) is 25.4 Å². The Kier molecular flexibility index (Phi) is 4.77. The third-order valence-corrected chi connectivity index (χ3v) is 4.15. The molecule has 106 valence electrons. The van der Waals surface area contributed by atoms with Gasteiger partial charge in [0, 0.05) is 37.4 Å². The average Bonchev–Trinajstić information content (AvgIpc) is 2.54. The molecule has 1 saturated heterocycles. The van der Waals surface area contributed by atoms with Gasteiger partial charge in [0.1, 0.15) is 5.82 Å². The molecule has 1 aromatic carbocycles. The summed E-state index contributed by atoms with van der Waals surface area (Å²) in [6.45, 7) is 5.25. The van der Waals surface area contributed by atoms with Gasteiger partial charge in [-0.15, -0.1) is 0 Å². The van der Waals surface area contributed by atoms with Crippen LogP contribution >= 0.6 is 0 Å². The van der Waals surface area contributed by atoms with Crippen molar-refractivity contribution in [3.63, 3.8) is 0 Å². The molecule has 0 amide bonds. The molecule has 1 heterocycles. The molecule has 2 rings (SSSR count). The fourth-order valence-corrected chi connectivity index (χ4v) is 2.71. The van der Waals surface area contributed by atoms with E-state index in [-0.39, 0.29) is 5.82 Å². The van der Waals surface area contributed by atoms with E-state index in [2.05, 4.69) is 29.1 Å². The highest BCUT2D eigenvalue weighted by Gasteiger charge is 2.26. The zero-order chi connectivity index (χ0) is 13.8. The highest BCUT2D eigenvalue weighted by atomic mass is 19.1. The summed E-state index contributed by atoms with van der Waals surface area (Å²) in [6.07, 6.45) is 1.13. The van der Waals surface area contributed by atoms with E-state index in [1.54, 1.807) is 12.1 Å². The van der Waals surface area contributed by atoms with E-state index in [1.165, 1.54) is 0 Å². The smallest absolute Gasteiger partial charge is 0.123 e. The van der Waals surface area contributed by atoms with E-state index in [0.29, 0.717) is 12.1 Å². The van der Waals surface area contributed by atoms with Crippen molar-refractivity contribution in [3.8, 4) is 0 Å². The summed E-state index contributed by atoms with van der Waals surface area (Å²) >= 11 is 0. The summed E-state index contributed by atoms with van der Waals surface area (Å²) in [4.78, 5) is 4.81. The van der Waals surface area contributed by atoms with E-state index in [0.717, 1.165) is 31.7 Å². The Morgan fingerprint density at radius 1 is 1.32 bits per heavy atom. The Bertz CT molecular complexity index is 393. The standard InChI is InChI=1S/C15H24FN3/c1-12-8-9-19(11-15(10-17-2)18(12)3)14-6-4-13(16)5-7-14/h4-7,12,15,17H,8-11H2,1-3H3. The van der Waals surface area contributed by atoms with Gasteiger partial charge in [-0.1, -0.05) is 0 Å². The largest absolute Gasteiger partial charge is 0.370 e. The maximum absolute atomic E-state index is 13.0. The predicted molar refractivity (Wildman–Crippen MR) is 78.2 cm³/mol. The maximum atomic E-state index is 13.0. The number of benzene rings is 1. The van der Waals surface area contributed by atoms with Crippen molar-refractivity contribution < 1.29 is 4.39 Å². The molecule has 0 saturated carbocycles. The van der Waals surface area contributed by atoms with Crippen LogP contribution in [-0.2, 0) is 0 Å². The molecule has 1 N–H and O–H groups in total. The van der Waals surface area contributed by atoms with Crippen molar-refractivity contribution in [2.75, 3.05) is 38.6 Å². The SMILES string of the molecule is CNCC1CN(c2ccc(F)cc2)CCC(C)N1C. The number of likely N-dealkylation sites (N-methyl/N-ethyl adjacent to an activating group) is 2. The fourth-order valence-electron chi connectivity index (χ4n) is 2.71. The van der Waals surface area contributed by atoms with Crippen LogP contribution in [0.1, 0.15) is 13.3 Å². The zero-order valence-corrected chi connectivity index (χ0v) is 12.1. The number of nitrogens with zero attached hydrogens (tertiary/aromatic N) is 2. The minimum absolute atomic E-state index is 0.171. The van der Waals surface area contributed by atoms with Crippen LogP contribution in [0.5, 0.6) is 0 Å². The second-order valence-corrected chi connectivity index (χ2v) is 5.44. The van der Waals surface area contributed by atoms with Gasteiger partial charge in [0.2, 0.25) is 0 Å². The minimum Gasteiger partial charge on any atom is -0.370 e. The van der Waals surface area contributed by atoms with Gasteiger partial charge in [0.15, 0.2) is 0 Å². The van der Waals surface area contributed by atoms with Gasteiger partial charge in [0.05, 0.1) is 0 Å². The number of anilines is 1. The van der Waals surface area contributed by atoms with Crippen LogP contribution < -0.4 is 10.2 Å². The maximum Gasteiger partial charge on any atom is 0.123 e. The van der Waals surface area contributed by atoms with Gasteiger partial charge < -0.3 is 10.2 Å². The van der Waals surface area contributed by atoms with Crippen LogP contribution in [0.3, 0.4) is 0 Å². The lowest BCUT2D eigenvalue weighted by atomic mass is 10.2. The van der Waals surface area contributed by atoms with Gasteiger partial charge >= 0.3 is 0 Å². The molecule has 0 spiro atoms. The van der Waals surface area contributed by atoms with Gasteiger partial charge in [0.25, 0.3) is 0 Å². The molecule has 3 nitrogen and oxygen atoms in total. The highest BCUT2D eigenvalue weighted by molar-refractivity contribution is 5.46. The zero-order valence-electron chi connectivity index (χ0n) is 12.1. The number of halogens is 1. The summed E-state index contributed by atoms with van der Waals surface area (Å²) < 4.78 is 13.0. The fraction of sp³-hybridized carbons (Fsp3) is 0.600. The van der Waals surface area contributed by atoms with E-state index < -0.39 is 0 Å². The molecule has 0 bridgehead atoms. The van der Waals surface area contributed by atoms with Crippen LogP contribution in [-0.4, -0.2) is 50.7 Å². The molecular weight excluding hydrogens is 241 g/mol. The molecule has 2 atom stereocenters. The Hall–Kier alpha value is -1.13. The third kappa shape index (κ3) is 3.45. The summed E-state index contributed by atoms with van der Waals surface area (Å²) in [5.74, 6) is -0.171. The molecule has 4 heteroatoms. The molecule has 0 radical (unpaired) electrons. The number of hydrogen-bond acceptors (Lipinski definition) is 3. The van der Waals surface area contributed by atoms with Gasteiger partial charge in [-0.2, -0.15) is 0 Å². The third-order valence-electron chi connectivity index (χ3n) is 4.15. The van der Waals surface area contributed by atoms with Crippen LogP contribution in [0.2, 0.25) is 0 Å². The van der Waals surface area contributed by atoms with E-state index in [4.69, 9.17) is 0 Å². The van der Waals surface area contributed by atoms with Crippen molar-refractivity contribution in [2.24, 2.45) is 0 Å². The van der Waals surface area contributed by atoms with Crippen LogP contribution in [0.25, 0.3) is 0 Å². The van der Waals surface area contributed by atoms with Crippen LogP contribution in [0.15, 0.2) is 24.3 Å². The second kappa shape index (κ2) is 6.35. The second-order valence-electron chi connectivity index (χ2n) is 5.44. The average molecular weight is 265 g/mol.